The average molecular weight is 598 g/mol. The van der Waals surface area contributed by atoms with Crippen LogP contribution in [0, 0.1) is 0 Å². The number of nitrogens with one attached hydrogen (secondary N) is 2. The molecule has 1 aliphatic heterocycles. The fourth-order valence-electron chi connectivity index (χ4n) is 4.70. The number of carbonyl (C=O) groups excluding carboxylic acids is 1. The van der Waals surface area contributed by atoms with Crippen molar-refractivity contribution in [2.45, 2.75) is 43.4 Å². The molecule has 222 valence electrons. The molecule has 42 heavy (non-hydrogen) atoms. The lowest BCUT2D eigenvalue weighted by Crippen LogP contribution is -2.53. The van der Waals surface area contributed by atoms with Crippen LogP contribution in [0.1, 0.15) is 17.2 Å². The molecule has 14 nitrogen and oxygen atoms in total. The number of nitrogens with two attached hydrogens (primary N) is 1. The maximum Gasteiger partial charge on any atom is 0.362 e. The van der Waals surface area contributed by atoms with Gasteiger partial charge in [-0.3, -0.25) is 8.98 Å². The molecular formula is C27H31N7O7S. The minimum Gasteiger partial charge on any atom is -0.388 e. The quantitative estimate of drug-likeness (QED) is 0.153. The zero-order valence-electron chi connectivity index (χ0n) is 22.4. The van der Waals surface area contributed by atoms with E-state index in [2.05, 4.69) is 20.3 Å². The van der Waals surface area contributed by atoms with Gasteiger partial charge in [-0.1, -0.05) is 60.7 Å². The van der Waals surface area contributed by atoms with Crippen LogP contribution in [0.15, 0.2) is 73.3 Å². The summed E-state index contributed by atoms with van der Waals surface area (Å²) in [7, 11) is -4.59. The summed E-state index contributed by atoms with van der Waals surface area (Å²) < 4.78 is 39.5. The maximum atomic E-state index is 13.1. The van der Waals surface area contributed by atoms with Gasteiger partial charge in [0.25, 0.3) is 5.91 Å². The van der Waals surface area contributed by atoms with Crippen molar-refractivity contribution in [1.82, 2.24) is 29.6 Å². The molecule has 0 radical (unpaired) electrons. The van der Waals surface area contributed by atoms with Crippen LogP contribution in [0.3, 0.4) is 0 Å². The van der Waals surface area contributed by atoms with E-state index in [1.165, 1.54) is 17.2 Å². The molecular weight excluding hydrogens is 566 g/mol. The van der Waals surface area contributed by atoms with E-state index in [4.69, 9.17) is 14.7 Å². The first-order valence-corrected chi connectivity index (χ1v) is 14.6. The Hall–Kier alpha value is -3.99. The standard InChI is InChI=1S/C27H31N7O7S/c28-25-22-26(31-15-30-25)34(16-32-22)20-13-40-21(24(36)23(20)35)14-41-42(38,39)33-27(37)19(11-17-7-3-1-4-8-17)29-12-18-9-5-2-6-10-18/h1-10,15-16,19-21,23-24,29,35-36H,11-14H2,(H,33,37)(H2,28,30,31)/t19-,20+,21+,23-,24+/m0/s1. The van der Waals surface area contributed by atoms with Crippen molar-refractivity contribution in [2.75, 3.05) is 18.9 Å². The first-order valence-electron chi connectivity index (χ1n) is 13.1. The van der Waals surface area contributed by atoms with Gasteiger partial charge in [-0.05, 0) is 17.5 Å². The van der Waals surface area contributed by atoms with Gasteiger partial charge < -0.3 is 30.6 Å². The van der Waals surface area contributed by atoms with Gasteiger partial charge in [0.15, 0.2) is 11.5 Å². The highest BCUT2D eigenvalue weighted by atomic mass is 32.2. The molecule has 5 atom stereocenters. The highest BCUT2D eigenvalue weighted by molar-refractivity contribution is 7.85. The number of carbonyl (C=O) groups is 1. The second-order valence-corrected chi connectivity index (χ2v) is 11.2. The van der Waals surface area contributed by atoms with Gasteiger partial charge in [0.2, 0.25) is 0 Å². The number of amides is 1. The van der Waals surface area contributed by atoms with Crippen LogP contribution in [0.2, 0.25) is 0 Å². The molecule has 1 fully saturated rings. The summed E-state index contributed by atoms with van der Waals surface area (Å²) in [6, 6.07) is 16.9. The molecule has 0 bridgehead atoms. The van der Waals surface area contributed by atoms with Crippen LogP contribution in [-0.4, -0.2) is 81.6 Å². The summed E-state index contributed by atoms with van der Waals surface area (Å²) in [5, 5.41) is 24.6. The topological polar surface area (TPSA) is 204 Å². The lowest BCUT2D eigenvalue weighted by Gasteiger charge is -2.37. The van der Waals surface area contributed by atoms with Crippen molar-refractivity contribution >= 4 is 33.2 Å². The molecule has 3 heterocycles. The lowest BCUT2D eigenvalue weighted by atomic mass is 9.98. The predicted molar refractivity (Wildman–Crippen MR) is 151 cm³/mol. The SMILES string of the molecule is Nc1ncnc2c1ncn2[C@@H]1CO[C@H](COS(=O)(=O)NC(=O)[C@H](Cc2ccccc2)NCc2ccccc2)[C@@H](O)[C@H]1O. The van der Waals surface area contributed by atoms with Gasteiger partial charge in [-0.15, -0.1) is 0 Å². The fraction of sp³-hybridized carbons (Fsp3) is 0.333. The molecule has 0 spiro atoms. The Morgan fingerprint density at radius 2 is 1.74 bits per heavy atom. The van der Waals surface area contributed by atoms with E-state index in [1.807, 2.05) is 65.4 Å². The van der Waals surface area contributed by atoms with E-state index in [9.17, 15) is 23.4 Å². The molecule has 1 amide bonds. The normalized spacial score (nSPS) is 21.7. The Kier molecular flexibility index (Phi) is 9.06. The van der Waals surface area contributed by atoms with Gasteiger partial charge in [-0.2, -0.15) is 8.42 Å². The van der Waals surface area contributed by atoms with Crippen LogP contribution < -0.4 is 15.8 Å². The summed E-state index contributed by atoms with van der Waals surface area (Å²) in [5.41, 5.74) is 8.24. The van der Waals surface area contributed by atoms with Gasteiger partial charge in [0.05, 0.1) is 31.6 Å². The fourth-order valence-corrected chi connectivity index (χ4v) is 5.46. The molecule has 6 N–H and O–H groups in total. The second kappa shape index (κ2) is 12.9. The third-order valence-electron chi connectivity index (χ3n) is 6.96. The van der Waals surface area contributed by atoms with Crippen LogP contribution in [0.5, 0.6) is 0 Å². The molecule has 1 aliphatic rings. The smallest absolute Gasteiger partial charge is 0.362 e. The largest absolute Gasteiger partial charge is 0.388 e. The molecule has 4 aromatic rings. The third kappa shape index (κ3) is 6.89. The number of nitrogen functional groups attached to an aromatic ring is 1. The summed E-state index contributed by atoms with van der Waals surface area (Å²) >= 11 is 0. The Morgan fingerprint density at radius 3 is 2.45 bits per heavy atom. The molecule has 0 unspecified atom stereocenters. The first kappa shape index (κ1) is 29.5. The van der Waals surface area contributed by atoms with Gasteiger partial charge >= 0.3 is 10.3 Å². The van der Waals surface area contributed by atoms with E-state index >= 15 is 0 Å². The number of ether oxygens (including phenoxy) is 1. The van der Waals surface area contributed by atoms with E-state index in [-0.39, 0.29) is 18.8 Å². The molecule has 0 saturated carbocycles. The minimum absolute atomic E-state index is 0.115. The summed E-state index contributed by atoms with van der Waals surface area (Å²) in [6.07, 6.45) is -1.23. The zero-order valence-corrected chi connectivity index (χ0v) is 23.2. The van der Waals surface area contributed by atoms with Crippen molar-refractivity contribution in [2.24, 2.45) is 0 Å². The van der Waals surface area contributed by atoms with Crippen molar-refractivity contribution in [3.63, 3.8) is 0 Å². The van der Waals surface area contributed by atoms with E-state index in [0.29, 0.717) is 17.7 Å². The molecule has 2 aromatic carbocycles. The van der Waals surface area contributed by atoms with E-state index < -0.39 is 53.2 Å². The number of imidazole rings is 1. The molecule has 0 aliphatic carbocycles. The molecule has 15 heteroatoms. The Morgan fingerprint density at radius 1 is 1.05 bits per heavy atom. The molecule has 1 saturated heterocycles. The highest BCUT2D eigenvalue weighted by Crippen LogP contribution is 2.28. The van der Waals surface area contributed by atoms with Gasteiger partial charge in [0.1, 0.15) is 30.2 Å². The van der Waals surface area contributed by atoms with Crippen LogP contribution in [0.25, 0.3) is 11.2 Å². The summed E-state index contributed by atoms with van der Waals surface area (Å²) in [5.74, 6) is -0.654. The predicted octanol–water partition coefficient (Wildman–Crippen LogP) is -0.151. The zero-order chi connectivity index (χ0) is 29.7. The van der Waals surface area contributed by atoms with Crippen LogP contribution >= 0.6 is 0 Å². The average Bonchev–Trinajstić information content (AvgIpc) is 3.42. The van der Waals surface area contributed by atoms with Crippen LogP contribution in [0.4, 0.5) is 5.82 Å². The van der Waals surface area contributed by atoms with E-state index in [1.54, 1.807) is 0 Å². The summed E-state index contributed by atoms with van der Waals surface area (Å²) in [6.45, 7) is -0.427. The van der Waals surface area contributed by atoms with Crippen molar-refractivity contribution < 1.29 is 32.3 Å². The van der Waals surface area contributed by atoms with E-state index in [0.717, 1.165) is 11.1 Å². The number of fused-ring (bicyclic) bond motifs is 1. The Bertz CT molecular complexity index is 1610. The highest BCUT2D eigenvalue weighted by Gasteiger charge is 2.41. The van der Waals surface area contributed by atoms with Crippen LogP contribution in [-0.2, 0) is 37.0 Å². The minimum atomic E-state index is -4.59. The first-order chi connectivity index (χ1) is 20.2. The number of rotatable bonds is 11. The number of aliphatic hydroxyl groups is 2. The third-order valence-corrected chi connectivity index (χ3v) is 7.86. The number of aromatic nitrogens is 4. The Balaban J connectivity index is 1.20. The van der Waals surface area contributed by atoms with Gasteiger partial charge in [-0.25, -0.2) is 19.7 Å². The Labute approximate surface area is 241 Å². The summed E-state index contributed by atoms with van der Waals surface area (Å²) in [4.78, 5) is 25.2. The maximum absolute atomic E-state index is 13.1. The number of benzene rings is 2. The van der Waals surface area contributed by atoms with Gasteiger partial charge in [0, 0.05) is 6.54 Å². The molecule has 5 rings (SSSR count). The number of nitrogens with zero attached hydrogens (tertiary/aromatic N) is 4. The molecule has 2 aromatic heterocycles. The number of hydrogen-bond donors (Lipinski definition) is 5. The second-order valence-electron chi connectivity index (χ2n) is 9.82. The number of aliphatic hydroxyl groups excluding tert-OH is 2. The number of anilines is 1. The van der Waals surface area contributed by atoms with Crippen molar-refractivity contribution in [3.8, 4) is 0 Å². The monoisotopic (exact) mass is 597 g/mol. The lowest BCUT2D eigenvalue weighted by molar-refractivity contribution is -0.166. The van der Waals surface area contributed by atoms with Crippen molar-refractivity contribution in [1.29, 1.82) is 0 Å². The van der Waals surface area contributed by atoms with Crippen molar-refractivity contribution in [3.05, 3.63) is 84.4 Å². The number of hydrogen-bond acceptors (Lipinski definition) is 12.